The van der Waals surface area contributed by atoms with Gasteiger partial charge in [-0.15, -0.1) is 5.10 Å². The predicted octanol–water partition coefficient (Wildman–Crippen LogP) is 2.12. The maximum atomic E-state index is 6.12. The molecule has 0 aromatic carbocycles. The lowest BCUT2D eigenvalue weighted by Crippen LogP contribution is -2.40. The van der Waals surface area contributed by atoms with Gasteiger partial charge in [-0.3, -0.25) is 4.90 Å². The Morgan fingerprint density at radius 2 is 2.00 bits per heavy atom. The van der Waals surface area contributed by atoms with Gasteiger partial charge in [-0.25, -0.2) is 4.68 Å². The summed E-state index contributed by atoms with van der Waals surface area (Å²) in [4.78, 5) is 2.49. The van der Waals surface area contributed by atoms with Gasteiger partial charge in [-0.05, 0) is 62.3 Å². The summed E-state index contributed by atoms with van der Waals surface area (Å²) >= 11 is 0. The fourth-order valence-corrected chi connectivity index (χ4v) is 3.83. The maximum absolute atomic E-state index is 6.12. The molecule has 0 amide bonds. The number of rotatable bonds is 6. The Bertz CT molecular complexity index is 519. The summed E-state index contributed by atoms with van der Waals surface area (Å²) < 4.78 is 13.9. The van der Waals surface area contributed by atoms with Crippen molar-refractivity contribution in [3.05, 3.63) is 5.82 Å². The van der Waals surface area contributed by atoms with Crippen molar-refractivity contribution < 1.29 is 9.47 Å². The summed E-state index contributed by atoms with van der Waals surface area (Å²) in [5.74, 6) is 1.02. The number of aromatic nitrogens is 4. The van der Waals surface area contributed by atoms with Gasteiger partial charge in [0.15, 0.2) is 5.82 Å². The van der Waals surface area contributed by atoms with E-state index in [2.05, 4.69) is 27.3 Å². The third-order valence-electron chi connectivity index (χ3n) is 5.60. The van der Waals surface area contributed by atoms with Crippen LogP contribution in [0.1, 0.15) is 69.8 Å². The minimum atomic E-state index is 0.281. The summed E-state index contributed by atoms with van der Waals surface area (Å²) in [6, 6.07) is 0.817. The van der Waals surface area contributed by atoms with Crippen LogP contribution in [0.25, 0.3) is 0 Å². The van der Waals surface area contributed by atoms with E-state index in [9.17, 15) is 0 Å². The van der Waals surface area contributed by atoms with E-state index in [1.807, 2.05) is 4.68 Å². The third kappa shape index (κ3) is 3.78. The highest BCUT2D eigenvalue weighted by Crippen LogP contribution is 2.36. The van der Waals surface area contributed by atoms with Gasteiger partial charge in [0.2, 0.25) is 0 Å². The first-order valence-electron chi connectivity index (χ1n) is 9.56. The number of tetrazole rings is 1. The zero-order chi connectivity index (χ0) is 16.4. The predicted molar refractivity (Wildman–Crippen MR) is 88.6 cm³/mol. The molecular formula is C17H29N5O2. The molecule has 0 unspecified atom stereocenters. The lowest BCUT2D eigenvalue weighted by Gasteiger charge is -2.36. The highest BCUT2D eigenvalue weighted by Gasteiger charge is 2.32. The van der Waals surface area contributed by atoms with Crippen molar-refractivity contribution in [2.24, 2.45) is 0 Å². The van der Waals surface area contributed by atoms with Crippen molar-refractivity contribution in [3.63, 3.8) is 0 Å². The molecule has 3 aliphatic rings. The summed E-state index contributed by atoms with van der Waals surface area (Å²) in [5.41, 5.74) is 0. The molecule has 1 aromatic heterocycles. The molecule has 1 aromatic rings. The second-order valence-electron chi connectivity index (χ2n) is 7.45. The minimum Gasteiger partial charge on any atom is -0.376 e. The lowest BCUT2D eigenvalue weighted by molar-refractivity contribution is -0.0771. The molecule has 7 nitrogen and oxygen atoms in total. The number of piperidine rings is 1. The van der Waals surface area contributed by atoms with Crippen molar-refractivity contribution in [1.29, 1.82) is 0 Å². The van der Waals surface area contributed by atoms with Gasteiger partial charge in [0.1, 0.15) is 0 Å². The van der Waals surface area contributed by atoms with Crippen LogP contribution in [0.4, 0.5) is 0 Å². The normalized spacial score (nSPS) is 28.1. The lowest BCUT2D eigenvalue weighted by atomic mass is 10.1. The molecule has 2 saturated heterocycles. The maximum Gasteiger partial charge on any atom is 0.168 e. The second-order valence-corrected chi connectivity index (χ2v) is 7.45. The molecule has 24 heavy (non-hydrogen) atoms. The molecule has 3 heterocycles. The first kappa shape index (κ1) is 16.4. The van der Waals surface area contributed by atoms with Crippen molar-refractivity contribution in [3.8, 4) is 0 Å². The molecule has 0 radical (unpaired) electrons. The molecule has 3 fully saturated rings. The second kappa shape index (κ2) is 7.45. The number of hydrogen-bond acceptors (Lipinski definition) is 6. The Morgan fingerprint density at radius 3 is 2.71 bits per heavy atom. The molecule has 2 atom stereocenters. The summed E-state index contributed by atoms with van der Waals surface area (Å²) in [7, 11) is 0. The fourth-order valence-electron chi connectivity index (χ4n) is 3.83. The van der Waals surface area contributed by atoms with Gasteiger partial charge in [0.05, 0.1) is 30.9 Å². The summed E-state index contributed by atoms with van der Waals surface area (Å²) in [5, 5.41) is 12.4. The Morgan fingerprint density at radius 1 is 1.17 bits per heavy atom. The largest absolute Gasteiger partial charge is 0.376 e. The van der Waals surface area contributed by atoms with E-state index in [0.717, 1.165) is 51.4 Å². The van der Waals surface area contributed by atoms with Crippen molar-refractivity contribution in [2.75, 3.05) is 26.3 Å². The van der Waals surface area contributed by atoms with E-state index >= 15 is 0 Å². The highest BCUT2D eigenvalue weighted by atomic mass is 16.5. The third-order valence-corrected chi connectivity index (χ3v) is 5.60. The van der Waals surface area contributed by atoms with Crippen LogP contribution >= 0.6 is 0 Å². The van der Waals surface area contributed by atoms with Gasteiger partial charge < -0.3 is 9.47 Å². The van der Waals surface area contributed by atoms with Crippen LogP contribution in [-0.4, -0.2) is 63.6 Å². The summed E-state index contributed by atoms with van der Waals surface area (Å²) in [6.07, 6.45) is 8.92. The Hall–Kier alpha value is -1.05. The van der Waals surface area contributed by atoms with Gasteiger partial charge in [0.25, 0.3) is 0 Å². The molecule has 1 aliphatic carbocycles. The SMILES string of the molecule is C[C@@H](c1nnnn1C1CC1)N1CCC(OC[C@H]2CCCCO2)CC1. The Kier molecular flexibility index (Phi) is 5.10. The molecule has 0 bridgehead atoms. The molecule has 1 saturated carbocycles. The quantitative estimate of drug-likeness (QED) is 0.793. The highest BCUT2D eigenvalue weighted by molar-refractivity contribution is 4.97. The number of hydrogen-bond donors (Lipinski definition) is 0. The average molecular weight is 335 g/mol. The van der Waals surface area contributed by atoms with E-state index < -0.39 is 0 Å². The molecule has 2 aliphatic heterocycles. The molecule has 7 heteroatoms. The molecule has 0 N–H and O–H groups in total. The van der Waals surface area contributed by atoms with Crippen molar-refractivity contribution in [2.45, 2.75) is 76.2 Å². The van der Waals surface area contributed by atoms with Crippen LogP contribution in [0, 0.1) is 0 Å². The first-order valence-corrected chi connectivity index (χ1v) is 9.56. The van der Waals surface area contributed by atoms with E-state index in [-0.39, 0.29) is 6.04 Å². The van der Waals surface area contributed by atoms with E-state index in [1.165, 1.54) is 25.7 Å². The Labute approximate surface area is 143 Å². The van der Waals surface area contributed by atoms with Gasteiger partial charge in [-0.2, -0.15) is 0 Å². The van der Waals surface area contributed by atoms with Crippen LogP contribution in [0.3, 0.4) is 0 Å². The standard InChI is InChI=1S/C17H29N5O2/c1-13(17-18-19-20-22(17)14-5-6-14)21-9-7-15(8-10-21)24-12-16-4-2-3-11-23-16/h13-16H,2-12H2,1H3/t13-,16+/m0/s1. The van der Waals surface area contributed by atoms with E-state index in [4.69, 9.17) is 9.47 Å². The van der Waals surface area contributed by atoms with Gasteiger partial charge in [-0.1, -0.05) is 0 Å². The van der Waals surface area contributed by atoms with E-state index in [1.54, 1.807) is 0 Å². The molecule has 0 spiro atoms. The molecule has 134 valence electrons. The topological polar surface area (TPSA) is 65.3 Å². The van der Waals surface area contributed by atoms with Crippen LogP contribution in [0.15, 0.2) is 0 Å². The first-order chi connectivity index (χ1) is 11.8. The Balaban J connectivity index is 1.24. The zero-order valence-corrected chi connectivity index (χ0v) is 14.6. The number of likely N-dealkylation sites (tertiary alicyclic amines) is 1. The van der Waals surface area contributed by atoms with E-state index in [0.29, 0.717) is 18.2 Å². The van der Waals surface area contributed by atoms with Crippen molar-refractivity contribution >= 4 is 0 Å². The fraction of sp³-hybridized carbons (Fsp3) is 0.941. The zero-order valence-electron chi connectivity index (χ0n) is 14.6. The van der Waals surface area contributed by atoms with Crippen LogP contribution in [-0.2, 0) is 9.47 Å². The minimum absolute atomic E-state index is 0.281. The molecular weight excluding hydrogens is 306 g/mol. The van der Waals surface area contributed by atoms with Crippen molar-refractivity contribution in [1.82, 2.24) is 25.1 Å². The number of nitrogens with zero attached hydrogens (tertiary/aromatic N) is 5. The van der Waals surface area contributed by atoms with Crippen LogP contribution < -0.4 is 0 Å². The van der Waals surface area contributed by atoms with Gasteiger partial charge in [0, 0.05) is 19.7 Å². The van der Waals surface area contributed by atoms with Crippen LogP contribution in [0.5, 0.6) is 0 Å². The monoisotopic (exact) mass is 335 g/mol. The van der Waals surface area contributed by atoms with Gasteiger partial charge >= 0.3 is 0 Å². The van der Waals surface area contributed by atoms with Crippen LogP contribution in [0.2, 0.25) is 0 Å². The average Bonchev–Trinajstić information content (AvgIpc) is 3.37. The molecule has 4 rings (SSSR count). The number of ether oxygens (including phenoxy) is 2. The smallest absolute Gasteiger partial charge is 0.168 e. The summed E-state index contributed by atoms with van der Waals surface area (Å²) in [6.45, 7) is 5.99.